The maximum atomic E-state index is 10.6. The standard InChI is InChI=1S/C9H24N2O6P2.HI/c1-10(5-8-18(12,13)14)4-6-11(2,3)7-9-19(15,16)17;/h4-9H2,1-3H3,(H3-,12,13,14,15,16,17);1H/p-3. The second kappa shape index (κ2) is 9.17. The van der Waals surface area contributed by atoms with Crippen LogP contribution >= 0.6 is 15.2 Å². The highest BCUT2D eigenvalue weighted by Gasteiger charge is 2.17. The number of rotatable bonds is 9. The van der Waals surface area contributed by atoms with Gasteiger partial charge in [0.05, 0.1) is 34.2 Å². The van der Waals surface area contributed by atoms with Crippen LogP contribution in [0.1, 0.15) is 0 Å². The molecule has 0 saturated carbocycles. The Morgan fingerprint density at radius 2 is 1.35 bits per heavy atom. The molecule has 1 N–H and O–H groups in total. The minimum Gasteiger partial charge on any atom is -1.00 e. The Morgan fingerprint density at radius 1 is 0.900 bits per heavy atom. The monoisotopic (exact) mass is 443 g/mol. The maximum absolute atomic E-state index is 10.6. The first-order valence-electron chi connectivity index (χ1n) is 5.96. The molecule has 8 nitrogen and oxygen atoms in total. The Balaban J connectivity index is 0. The van der Waals surface area contributed by atoms with Gasteiger partial charge in [-0.15, -0.1) is 0 Å². The van der Waals surface area contributed by atoms with E-state index >= 15 is 0 Å². The van der Waals surface area contributed by atoms with Crippen molar-refractivity contribution in [3.63, 3.8) is 0 Å². The molecule has 20 heavy (non-hydrogen) atoms. The van der Waals surface area contributed by atoms with Crippen LogP contribution in [0, 0.1) is 0 Å². The topological polar surface area (TPSA) is 131 Å². The lowest BCUT2D eigenvalue weighted by molar-refractivity contribution is -0.940. The van der Waals surface area contributed by atoms with E-state index in [0.717, 1.165) is 4.90 Å². The number of hydrogen-bond acceptors (Lipinski definition) is 6. The summed E-state index contributed by atoms with van der Waals surface area (Å²) in [4.78, 5) is 43.1. The number of nitrogens with zero attached hydrogens (tertiary/aromatic N) is 1. The Hall–Kier alpha value is 0.950. The molecular formula is C9H22IN2O6P2-3. The first-order chi connectivity index (χ1) is 8.31. The molecule has 0 fully saturated rings. The van der Waals surface area contributed by atoms with Crippen molar-refractivity contribution in [3.05, 3.63) is 0 Å². The molecule has 0 aliphatic heterocycles. The molecule has 0 spiro atoms. The molecule has 0 heterocycles. The molecule has 1 unspecified atom stereocenters. The van der Waals surface area contributed by atoms with Crippen molar-refractivity contribution in [1.29, 1.82) is 0 Å². The molecule has 0 aliphatic carbocycles. The van der Waals surface area contributed by atoms with Gasteiger partial charge in [-0.1, -0.05) is 15.2 Å². The van der Waals surface area contributed by atoms with Crippen LogP contribution in [0.15, 0.2) is 0 Å². The second-order valence-corrected chi connectivity index (χ2v) is 8.85. The normalized spacial score (nSPS) is 14.8. The van der Waals surface area contributed by atoms with Crippen LogP contribution in [-0.4, -0.2) is 64.1 Å². The van der Waals surface area contributed by atoms with E-state index < -0.39 is 21.4 Å². The van der Waals surface area contributed by atoms with E-state index in [-0.39, 0.29) is 43.2 Å². The average molecular weight is 443 g/mol. The van der Waals surface area contributed by atoms with Gasteiger partial charge in [-0.3, -0.25) is 0 Å². The van der Waals surface area contributed by atoms with E-state index in [1.54, 1.807) is 21.1 Å². The third kappa shape index (κ3) is 15.3. The summed E-state index contributed by atoms with van der Waals surface area (Å²) in [6.07, 6.45) is -0.780. The molecule has 0 amide bonds. The summed E-state index contributed by atoms with van der Waals surface area (Å²) < 4.78 is 21.4. The Morgan fingerprint density at radius 3 is 1.75 bits per heavy atom. The second-order valence-electron chi connectivity index (χ2n) is 5.51. The molecule has 0 aromatic heterocycles. The minimum absolute atomic E-state index is 0. The fraction of sp³-hybridized carbons (Fsp3) is 1.00. The lowest BCUT2D eigenvalue weighted by Gasteiger charge is -2.36. The van der Waals surface area contributed by atoms with Crippen LogP contribution in [0.5, 0.6) is 0 Å². The lowest BCUT2D eigenvalue weighted by Crippen LogP contribution is -3.10. The van der Waals surface area contributed by atoms with Gasteiger partial charge in [0.15, 0.2) is 0 Å². The van der Waals surface area contributed by atoms with Gasteiger partial charge in [-0.25, -0.2) is 0 Å². The predicted molar refractivity (Wildman–Crippen MR) is 63.4 cm³/mol. The van der Waals surface area contributed by atoms with Crippen molar-refractivity contribution in [1.82, 2.24) is 0 Å². The quantitative estimate of drug-likeness (QED) is 0.214. The van der Waals surface area contributed by atoms with Crippen LogP contribution in [0.3, 0.4) is 0 Å². The van der Waals surface area contributed by atoms with Gasteiger partial charge in [-0.05, 0) is 0 Å². The Labute approximate surface area is 137 Å². The SMILES string of the molecule is C[NH+](CC[N+](C)(C)CCP(=O)([O-])[O-])CCP(=O)([O-])[O-].[I-]. The third-order valence-electron chi connectivity index (χ3n) is 2.94. The summed E-state index contributed by atoms with van der Waals surface area (Å²) in [5.41, 5.74) is 0. The molecule has 1 atom stereocenters. The van der Waals surface area contributed by atoms with Gasteiger partial charge in [0.2, 0.25) is 0 Å². The van der Waals surface area contributed by atoms with Gasteiger partial charge in [0.25, 0.3) is 0 Å². The molecule has 0 radical (unpaired) electrons. The molecule has 0 saturated heterocycles. The van der Waals surface area contributed by atoms with E-state index in [1.165, 1.54) is 0 Å². The first kappa shape index (κ1) is 23.2. The zero-order chi connectivity index (χ0) is 15.3. The summed E-state index contributed by atoms with van der Waals surface area (Å²) >= 11 is 0. The molecule has 0 aliphatic rings. The zero-order valence-electron chi connectivity index (χ0n) is 11.9. The number of likely N-dealkylation sites (N-methyl/N-ethyl adjacent to an activating group) is 2. The Kier molecular flexibility index (Phi) is 10.6. The average Bonchev–Trinajstić information content (AvgIpc) is 2.19. The smallest absolute Gasteiger partial charge is 0.128 e. The third-order valence-corrected chi connectivity index (χ3v) is 4.45. The highest BCUT2D eigenvalue weighted by molar-refractivity contribution is 7.49. The number of hydrogen-bond donors (Lipinski definition) is 1. The van der Waals surface area contributed by atoms with Gasteiger partial charge < -0.3 is 62.1 Å². The lowest BCUT2D eigenvalue weighted by atomic mass is 10.4. The van der Waals surface area contributed by atoms with Crippen LogP contribution in [0.25, 0.3) is 0 Å². The van der Waals surface area contributed by atoms with Crippen LogP contribution in [0.4, 0.5) is 0 Å². The Bertz CT molecular complexity index is 369. The molecule has 0 rings (SSSR count). The minimum atomic E-state index is -4.49. The van der Waals surface area contributed by atoms with E-state index in [2.05, 4.69) is 0 Å². The van der Waals surface area contributed by atoms with Crippen molar-refractivity contribution in [2.45, 2.75) is 0 Å². The van der Waals surface area contributed by atoms with E-state index in [1.807, 2.05) is 0 Å². The molecule has 0 aromatic carbocycles. The van der Waals surface area contributed by atoms with Crippen LogP contribution in [0.2, 0.25) is 0 Å². The van der Waals surface area contributed by atoms with Crippen molar-refractivity contribution >= 4 is 15.2 Å². The van der Waals surface area contributed by atoms with Gasteiger partial charge in [0.1, 0.15) is 13.1 Å². The predicted octanol–water partition coefficient (Wildman–Crippen LogP) is -7.59. The van der Waals surface area contributed by atoms with Gasteiger partial charge in [0, 0.05) is 12.3 Å². The van der Waals surface area contributed by atoms with Crippen LogP contribution in [-0.2, 0) is 9.13 Å². The van der Waals surface area contributed by atoms with Crippen molar-refractivity contribution in [2.24, 2.45) is 0 Å². The maximum Gasteiger partial charge on any atom is 0.128 e. The zero-order valence-corrected chi connectivity index (χ0v) is 15.9. The summed E-state index contributed by atoms with van der Waals surface area (Å²) in [5, 5.41) is 0. The summed E-state index contributed by atoms with van der Waals surface area (Å²) in [7, 11) is -3.58. The fourth-order valence-corrected chi connectivity index (χ4v) is 2.89. The van der Waals surface area contributed by atoms with Gasteiger partial charge >= 0.3 is 0 Å². The van der Waals surface area contributed by atoms with E-state index in [4.69, 9.17) is 0 Å². The fourth-order valence-electron chi connectivity index (χ4n) is 1.45. The summed E-state index contributed by atoms with van der Waals surface area (Å²) in [6.45, 7) is 1.63. The van der Waals surface area contributed by atoms with Gasteiger partial charge in [-0.2, -0.15) is 0 Å². The van der Waals surface area contributed by atoms with E-state index in [0.29, 0.717) is 17.6 Å². The van der Waals surface area contributed by atoms with Crippen molar-refractivity contribution in [3.8, 4) is 0 Å². The number of nitrogens with one attached hydrogen (secondary N) is 1. The summed E-state index contributed by atoms with van der Waals surface area (Å²) in [5.74, 6) is 0. The van der Waals surface area contributed by atoms with E-state index in [9.17, 15) is 28.7 Å². The molecule has 0 bridgehead atoms. The molecule has 0 aromatic rings. The van der Waals surface area contributed by atoms with Crippen LogP contribution < -0.4 is 48.5 Å². The highest BCUT2D eigenvalue weighted by atomic mass is 127. The largest absolute Gasteiger partial charge is 1.00 e. The number of quaternary nitrogens is 2. The highest BCUT2D eigenvalue weighted by Crippen LogP contribution is 2.22. The summed E-state index contributed by atoms with van der Waals surface area (Å²) in [6, 6.07) is 0. The van der Waals surface area contributed by atoms with Crippen molar-refractivity contribution < 1.29 is 62.1 Å². The van der Waals surface area contributed by atoms with Crippen molar-refractivity contribution in [2.75, 3.05) is 59.6 Å². The molecular weight excluding hydrogens is 421 g/mol. The molecule has 11 heteroatoms. The molecule has 124 valence electrons. The first-order valence-corrected chi connectivity index (χ1v) is 9.42. The number of halogens is 1.